The van der Waals surface area contributed by atoms with E-state index >= 15 is 0 Å². The number of amidine groups is 1. The van der Waals surface area contributed by atoms with Gasteiger partial charge in [0.1, 0.15) is 23.3 Å². The highest BCUT2D eigenvalue weighted by Crippen LogP contribution is 2.29. The van der Waals surface area contributed by atoms with E-state index in [1.54, 1.807) is 41.2 Å². The topological polar surface area (TPSA) is 98.2 Å². The van der Waals surface area contributed by atoms with E-state index in [2.05, 4.69) is 11.2 Å². The molecule has 1 aromatic heterocycles. The molecule has 0 bridgehead atoms. The minimum Gasteiger partial charge on any atom is -0.497 e. The van der Waals surface area contributed by atoms with Gasteiger partial charge in [-0.15, -0.1) is 0 Å². The molecule has 1 aliphatic heterocycles. The highest BCUT2D eigenvalue weighted by Gasteiger charge is 2.33. The fourth-order valence-electron chi connectivity index (χ4n) is 3.66. The number of carbonyl (C=O) groups excluding carboxylic acids is 1. The van der Waals surface area contributed by atoms with Crippen LogP contribution < -0.4 is 9.64 Å². The average Bonchev–Trinajstić information content (AvgIpc) is 3.18. The summed E-state index contributed by atoms with van der Waals surface area (Å²) >= 11 is 0. The summed E-state index contributed by atoms with van der Waals surface area (Å²) in [6.45, 7) is 0.458. The molecule has 2 heterocycles. The molecule has 8 heteroatoms. The largest absolute Gasteiger partial charge is 0.497 e. The average molecular weight is 414 g/mol. The Labute approximate surface area is 180 Å². The van der Waals surface area contributed by atoms with Gasteiger partial charge in [-0.1, -0.05) is 0 Å². The number of aromatic nitrogens is 2. The van der Waals surface area contributed by atoms with Crippen LogP contribution in [0.15, 0.2) is 48.5 Å². The van der Waals surface area contributed by atoms with Gasteiger partial charge in [0.25, 0.3) is 5.91 Å². The summed E-state index contributed by atoms with van der Waals surface area (Å²) in [5.74, 6) is 0.887. The lowest BCUT2D eigenvalue weighted by atomic mass is 10.0. The van der Waals surface area contributed by atoms with Crippen molar-refractivity contribution >= 4 is 17.4 Å². The molecule has 0 aliphatic carbocycles. The standard InChI is InChI=1S/C23H22N6O2/c1-27(2)22(25)15-4-6-16(7-5-15)28-13-12-19-20(14-24)26-29(21(19)23(28)30)17-8-10-18(31-3)11-9-17/h4-11,25H,12-13H2,1-3H3. The van der Waals surface area contributed by atoms with E-state index in [-0.39, 0.29) is 11.6 Å². The van der Waals surface area contributed by atoms with Crippen LogP contribution in [0.5, 0.6) is 5.75 Å². The van der Waals surface area contributed by atoms with Crippen LogP contribution in [0.25, 0.3) is 5.69 Å². The van der Waals surface area contributed by atoms with Gasteiger partial charge in [-0.3, -0.25) is 10.2 Å². The SMILES string of the molecule is COc1ccc(-n2nc(C#N)c3c2C(=O)N(c2ccc(C(=N)N(C)C)cc2)CC3)cc1. The number of hydrogen-bond donors (Lipinski definition) is 1. The van der Waals surface area contributed by atoms with Crippen LogP contribution in [0.1, 0.15) is 27.3 Å². The lowest BCUT2D eigenvalue weighted by molar-refractivity contribution is 0.0973. The first-order chi connectivity index (χ1) is 14.9. The van der Waals surface area contributed by atoms with Crippen molar-refractivity contribution in [1.29, 1.82) is 10.7 Å². The molecule has 0 radical (unpaired) electrons. The van der Waals surface area contributed by atoms with E-state index in [0.29, 0.717) is 41.5 Å². The van der Waals surface area contributed by atoms with Crippen molar-refractivity contribution in [2.75, 3.05) is 32.6 Å². The van der Waals surface area contributed by atoms with Gasteiger partial charge >= 0.3 is 0 Å². The molecule has 0 saturated carbocycles. The lowest BCUT2D eigenvalue weighted by Gasteiger charge is -2.28. The number of rotatable bonds is 4. The molecule has 0 spiro atoms. The molecule has 0 saturated heterocycles. The van der Waals surface area contributed by atoms with Crippen LogP contribution in [0.3, 0.4) is 0 Å². The molecule has 0 atom stereocenters. The van der Waals surface area contributed by atoms with E-state index in [0.717, 1.165) is 11.3 Å². The van der Waals surface area contributed by atoms with Gasteiger partial charge in [0, 0.05) is 37.5 Å². The molecule has 1 amide bonds. The number of nitriles is 1. The van der Waals surface area contributed by atoms with Gasteiger partial charge in [0.15, 0.2) is 5.69 Å². The third kappa shape index (κ3) is 3.51. The smallest absolute Gasteiger partial charge is 0.277 e. The van der Waals surface area contributed by atoms with E-state index in [1.165, 1.54) is 4.68 Å². The Morgan fingerprint density at radius 2 is 1.77 bits per heavy atom. The van der Waals surface area contributed by atoms with Gasteiger partial charge in [-0.2, -0.15) is 10.4 Å². The van der Waals surface area contributed by atoms with Crippen LogP contribution in [0.2, 0.25) is 0 Å². The van der Waals surface area contributed by atoms with E-state index in [1.807, 2.05) is 38.4 Å². The normalized spacial score (nSPS) is 12.8. The minimum absolute atomic E-state index is 0.207. The zero-order valence-electron chi connectivity index (χ0n) is 17.6. The number of carbonyl (C=O) groups is 1. The molecule has 31 heavy (non-hydrogen) atoms. The van der Waals surface area contributed by atoms with Crippen LogP contribution in [0.4, 0.5) is 5.69 Å². The fraction of sp³-hybridized carbons (Fsp3) is 0.217. The van der Waals surface area contributed by atoms with Gasteiger partial charge in [-0.25, -0.2) is 4.68 Å². The molecule has 156 valence electrons. The number of anilines is 1. The number of benzene rings is 2. The van der Waals surface area contributed by atoms with Crippen molar-refractivity contribution in [3.8, 4) is 17.5 Å². The molecule has 1 aliphatic rings. The van der Waals surface area contributed by atoms with Crippen LogP contribution in [-0.2, 0) is 6.42 Å². The zero-order valence-corrected chi connectivity index (χ0v) is 17.6. The maximum Gasteiger partial charge on any atom is 0.277 e. The van der Waals surface area contributed by atoms with Gasteiger partial charge in [0.2, 0.25) is 0 Å². The Hall–Kier alpha value is -4.12. The second-order valence-electron chi connectivity index (χ2n) is 7.39. The third-order valence-electron chi connectivity index (χ3n) is 5.34. The van der Waals surface area contributed by atoms with Crippen LogP contribution in [-0.4, -0.2) is 54.2 Å². The monoisotopic (exact) mass is 414 g/mol. The quantitative estimate of drug-likeness (QED) is 0.523. The molecule has 8 nitrogen and oxygen atoms in total. The van der Waals surface area contributed by atoms with Gasteiger partial charge < -0.3 is 14.5 Å². The molecule has 2 aromatic carbocycles. The summed E-state index contributed by atoms with van der Waals surface area (Å²) in [6.07, 6.45) is 0.537. The fourth-order valence-corrected chi connectivity index (χ4v) is 3.66. The first-order valence-electron chi connectivity index (χ1n) is 9.79. The Kier molecular flexibility index (Phi) is 5.17. The van der Waals surface area contributed by atoms with Crippen molar-refractivity contribution in [3.05, 3.63) is 71.0 Å². The third-order valence-corrected chi connectivity index (χ3v) is 5.34. The second kappa shape index (κ2) is 7.95. The molecule has 4 rings (SSSR count). The van der Waals surface area contributed by atoms with Crippen molar-refractivity contribution in [2.24, 2.45) is 0 Å². The molecule has 0 unspecified atom stereocenters. The zero-order chi connectivity index (χ0) is 22.1. The number of nitrogens with one attached hydrogen (secondary N) is 1. The molecular formula is C23H22N6O2. The van der Waals surface area contributed by atoms with Crippen molar-refractivity contribution < 1.29 is 9.53 Å². The number of ether oxygens (including phenoxy) is 1. The number of nitrogens with zero attached hydrogens (tertiary/aromatic N) is 5. The summed E-state index contributed by atoms with van der Waals surface area (Å²) in [5, 5.41) is 22.0. The predicted molar refractivity (Wildman–Crippen MR) is 117 cm³/mol. The summed E-state index contributed by atoms with van der Waals surface area (Å²) in [4.78, 5) is 16.9. The molecule has 1 N–H and O–H groups in total. The summed E-state index contributed by atoms with van der Waals surface area (Å²) < 4.78 is 6.75. The summed E-state index contributed by atoms with van der Waals surface area (Å²) in [5.41, 5.74) is 3.54. The number of hydrogen-bond acceptors (Lipinski definition) is 5. The van der Waals surface area contributed by atoms with Crippen LogP contribution >= 0.6 is 0 Å². The Morgan fingerprint density at radius 3 is 2.35 bits per heavy atom. The maximum absolute atomic E-state index is 13.5. The van der Waals surface area contributed by atoms with E-state index in [4.69, 9.17) is 10.1 Å². The summed E-state index contributed by atoms with van der Waals surface area (Å²) in [6, 6.07) is 16.7. The first-order valence-corrected chi connectivity index (χ1v) is 9.79. The second-order valence-corrected chi connectivity index (χ2v) is 7.39. The maximum atomic E-state index is 13.5. The Morgan fingerprint density at radius 1 is 1.13 bits per heavy atom. The van der Waals surface area contributed by atoms with E-state index < -0.39 is 0 Å². The van der Waals surface area contributed by atoms with E-state index in [9.17, 15) is 10.1 Å². The Balaban J connectivity index is 1.72. The molecular weight excluding hydrogens is 392 g/mol. The van der Waals surface area contributed by atoms with Crippen LogP contribution in [0, 0.1) is 16.7 Å². The lowest BCUT2D eigenvalue weighted by Crippen LogP contribution is -2.38. The van der Waals surface area contributed by atoms with Gasteiger partial charge in [-0.05, 0) is 55.0 Å². The summed E-state index contributed by atoms with van der Waals surface area (Å²) in [7, 11) is 5.23. The first kappa shape index (κ1) is 20.2. The van der Waals surface area contributed by atoms with Gasteiger partial charge in [0.05, 0.1) is 12.8 Å². The predicted octanol–water partition coefficient (Wildman–Crippen LogP) is 2.84. The highest BCUT2D eigenvalue weighted by molar-refractivity contribution is 6.08. The van der Waals surface area contributed by atoms with Crippen molar-refractivity contribution in [2.45, 2.75) is 6.42 Å². The number of fused-ring (bicyclic) bond motifs is 1. The molecule has 0 fully saturated rings. The highest BCUT2D eigenvalue weighted by atomic mass is 16.5. The van der Waals surface area contributed by atoms with Crippen molar-refractivity contribution in [1.82, 2.24) is 14.7 Å². The number of methoxy groups -OCH3 is 1. The number of amides is 1. The Bertz CT molecular complexity index is 1190. The molecule has 3 aromatic rings. The minimum atomic E-state index is -0.207. The van der Waals surface area contributed by atoms with Crippen molar-refractivity contribution in [3.63, 3.8) is 0 Å².